The molecule has 4 heteroatoms. The first-order valence-electron chi connectivity index (χ1n) is 5.70. The summed E-state index contributed by atoms with van der Waals surface area (Å²) in [5.74, 6) is 1.07. The maximum Gasteiger partial charge on any atom is 0.170 e. The molecule has 4 nitrogen and oxygen atoms in total. The second-order valence-electron chi connectivity index (χ2n) is 4.75. The van der Waals surface area contributed by atoms with Gasteiger partial charge >= 0.3 is 0 Å². The summed E-state index contributed by atoms with van der Waals surface area (Å²) in [7, 11) is 1.53. The van der Waals surface area contributed by atoms with E-state index >= 15 is 0 Å². The van der Waals surface area contributed by atoms with Crippen LogP contribution < -0.4 is 9.47 Å². The number of aliphatic hydroxyl groups is 1. The average molecular weight is 248 g/mol. The number of carbonyl (C=O) groups is 1. The van der Waals surface area contributed by atoms with E-state index in [1.54, 1.807) is 12.1 Å². The van der Waals surface area contributed by atoms with Crippen LogP contribution in [0.3, 0.4) is 0 Å². The van der Waals surface area contributed by atoms with Gasteiger partial charge < -0.3 is 14.6 Å². The predicted molar refractivity (Wildman–Crippen MR) is 68.2 cm³/mol. The van der Waals surface area contributed by atoms with E-state index in [1.165, 1.54) is 7.11 Å². The Kier molecular flexibility index (Phi) is 3.13. The highest BCUT2D eigenvalue weighted by Crippen LogP contribution is 2.42. The van der Waals surface area contributed by atoms with Gasteiger partial charge in [-0.1, -0.05) is 0 Å². The average Bonchev–Trinajstić information content (AvgIpc) is 2.35. The molecule has 1 aliphatic heterocycles. The van der Waals surface area contributed by atoms with E-state index < -0.39 is 5.60 Å². The topological polar surface area (TPSA) is 55.8 Å². The lowest BCUT2D eigenvalue weighted by Crippen LogP contribution is -2.30. The number of ether oxygens (including phenoxy) is 2. The third-order valence-electron chi connectivity index (χ3n) is 2.84. The Morgan fingerprint density at radius 2 is 2.17 bits per heavy atom. The van der Waals surface area contributed by atoms with Gasteiger partial charge in [0.25, 0.3) is 0 Å². The molecule has 0 radical (unpaired) electrons. The van der Waals surface area contributed by atoms with E-state index in [9.17, 15) is 9.90 Å². The van der Waals surface area contributed by atoms with Crippen molar-refractivity contribution >= 4 is 11.9 Å². The third-order valence-corrected chi connectivity index (χ3v) is 2.84. The number of methoxy groups -OCH3 is 1. The second-order valence-corrected chi connectivity index (χ2v) is 4.75. The molecule has 0 unspecified atom stereocenters. The first kappa shape index (κ1) is 12.6. The standard InChI is InChI=1S/C14H16O4/c1-14(2)6-10(8-16)11-4-9(7-15)5-12(17-3)13(11)18-14/h4-7,16H,8H2,1-3H3. The predicted octanol–water partition coefficient (Wildman–Crippen LogP) is 2.05. The van der Waals surface area contributed by atoms with Crippen molar-refractivity contribution in [3.8, 4) is 11.5 Å². The number of fused-ring (bicyclic) bond motifs is 1. The number of rotatable bonds is 3. The lowest BCUT2D eigenvalue weighted by molar-refractivity contribution is 0.112. The van der Waals surface area contributed by atoms with Gasteiger partial charge in [-0.15, -0.1) is 0 Å². The van der Waals surface area contributed by atoms with Crippen molar-refractivity contribution in [2.45, 2.75) is 19.4 Å². The molecule has 18 heavy (non-hydrogen) atoms. The summed E-state index contributed by atoms with van der Waals surface area (Å²) in [6.45, 7) is 3.70. The number of aldehydes is 1. The summed E-state index contributed by atoms with van der Waals surface area (Å²) in [6, 6.07) is 3.32. The Bertz CT molecular complexity index is 515. The molecule has 0 atom stereocenters. The minimum atomic E-state index is -0.513. The molecule has 0 bridgehead atoms. The van der Waals surface area contributed by atoms with Crippen LogP contribution >= 0.6 is 0 Å². The largest absolute Gasteiger partial charge is 0.493 e. The van der Waals surface area contributed by atoms with Crippen LogP contribution in [0.2, 0.25) is 0 Å². The number of benzene rings is 1. The van der Waals surface area contributed by atoms with Crippen LogP contribution in [-0.4, -0.2) is 30.7 Å². The van der Waals surface area contributed by atoms with E-state index in [0.717, 1.165) is 11.9 Å². The molecule has 0 saturated carbocycles. The van der Waals surface area contributed by atoms with Gasteiger partial charge in [0.1, 0.15) is 11.9 Å². The number of hydrogen-bond donors (Lipinski definition) is 1. The molecule has 0 aromatic heterocycles. The molecule has 0 spiro atoms. The zero-order valence-electron chi connectivity index (χ0n) is 10.7. The molecule has 1 aliphatic rings. The normalized spacial score (nSPS) is 16.3. The van der Waals surface area contributed by atoms with Crippen LogP contribution in [0, 0.1) is 0 Å². The van der Waals surface area contributed by atoms with E-state index in [4.69, 9.17) is 9.47 Å². The summed E-state index contributed by atoms with van der Waals surface area (Å²) in [5, 5.41) is 9.44. The Labute approximate surface area is 106 Å². The summed E-state index contributed by atoms with van der Waals surface area (Å²) in [5.41, 5.74) is 1.43. The Morgan fingerprint density at radius 3 is 2.72 bits per heavy atom. The van der Waals surface area contributed by atoms with Crippen molar-refractivity contribution < 1.29 is 19.4 Å². The van der Waals surface area contributed by atoms with Gasteiger partial charge in [0.2, 0.25) is 0 Å². The molecule has 0 aliphatic carbocycles. The summed E-state index contributed by atoms with van der Waals surface area (Å²) < 4.78 is 11.1. The van der Waals surface area contributed by atoms with Crippen LogP contribution in [0.25, 0.3) is 5.57 Å². The fourth-order valence-corrected chi connectivity index (χ4v) is 2.11. The van der Waals surface area contributed by atoms with Gasteiger partial charge in [-0.3, -0.25) is 4.79 Å². The van der Waals surface area contributed by atoms with Gasteiger partial charge in [-0.05, 0) is 37.6 Å². The van der Waals surface area contributed by atoms with Crippen molar-refractivity contribution in [1.82, 2.24) is 0 Å². The Balaban J connectivity index is 2.67. The van der Waals surface area contributed by atoms with E-state index in [1.807, 2.05) is 19.9 Å². The molecule has 2 rings (SSSR count). The van der Waals surface area contributed by atoms with Gasteiger partial charge in [-0.2, -0.15) is 0 Å². The molecule has 0 amide bonds. The molecule has 1 heterocycles. The first-order chi connectivity index (χ1) is 8.50. The number of carbonyl (C=O) groups excluding carboxylic acids is 1. The minimum Gasteiger partial charge on any atom is -0.493 e. The Morgan fingerprint density at radius 1 is 1.44 bits per heavy atom. The summed E-state index contributed by atoms with van der Waals surface area (Å²) in [4.78, 5) is 10.9. The van der Waals surface area contributed by atoms with E-state index in [2.05, 4.69) is 0 Å². The van der Waals surface area contributed by atoms with Crippen LogP contribution in [0.4, 0.5) is 0 Å². The lowest BCUT2D eigenvalue weighted by atomic mass is 9.93. The SMILES string of the molecule is COc1cc(C=O)cc2c1OC(C)(C)C=C2CO. The molecule has 0 saturated heterocycles. The molecule has 96 valence electrons. The van der Waals surface area contributed by atoms with Gasteiger partial charge in [0, 0.05) is 11.1 Å². The summed E-state index contributed by atoms with van der Waals surface area (Å²) in [6.07, 6.45) is 2.60. The lowest BCUT2D eigenvalue weighted by Gasteiger charge is -2.31. The van der Waals surface area contributed by atoms with Crippen LogP contribution in [0.5, 0.6) is 11.5 Å². The molecule has 1 aromatic rings. The fraction of sp³-hybridized carbons (Fsp3) is 0.357. The highest BCUT2D eigenvalue weighted by molar-refractivity contribution is 5.84. The molecule has 1 N–H and O–H groups in total. The number of aliphatic hydroxyl groups excluding tert-OH is 1. The van der Waals surface area contributed by atoms with E-state index in [0.29, 0.717) is 22.6 Å². The fourth-order valence-electron chi connectivity index (χ4n) is 2.11. The highest BCUT2D eigenvalue weighted by Gasteiger charge is 2.29. The van der Waals surface area contributed by atoms with Crippen LogP contribution in [0.15, 0.2) is 18.2 Å². The van der Waals surface area contributed by atoms with Crippen LogP contribution in [0.1, 0.15) is 29.8 Å². The third kappa shape index (κ3) is 2.11. The van der Waals surface area contributed by atoms with Gasteiger partial charge in [0.05, 0.1) is 13.7 Å². The van der Waals surface area contributed by atoms with Crippen molar-refractivity contribution in [2.75, 3.05) is 13.7 Å². The van der Waals surface area contributed by atoms with Crippen molar-refractivity contribution in [1.29, 1.82) is 0 Å². The maximum atomic E-state index is 10.9. The van der Waals surface area contributed by atoms with Crippen molar-refractivity contribution in [3.05, 3.63) is 29.3 Å². The zero-order chi connectivity index (χ0) is 13.3. The molecule has 1 aromatic carbocycles. The van der Waals surface area contributed by atoms with Gasteiger partial charge in [0.15, 0.2) is 11.5 Å². The maximum absolute atomic E-state index is 10.9. The quantitative estimate of drug-likeness (QED) is 0.832. The van der Waals surface area contributed by atoms with Gasteiger partial charge in [-0.25, -0.2) is 0 Å². The minimum absolute atomic E-state index is 0.106. The monoisotopic (exact) mass is 248 g/mol. The molecular weight excluding hydrogens is 232 g/mol. The van der Waals surface area contributed by atoms with Crippen molar-refractivity contribution in [3.63, 3.8) is 0 Å². The van der Waals surface area contributed by atoms with Crippen LogP contribution in [-0.2, 0) is 0 Å². The molecule has 0 fully saturated rings. The van der Waals surface area contributed by atoms with Crippen molar-refractivity contribution in [2.24, 2.45) is 0 Å². The molecular formula is C14H16O4. The first-order valence-corrected chi connectivity index (χ1v) is 5.70. The smallest absolute Gasteiger partial charge is 0.170 e. The zero-order valence-corrected chi connectivity index (χ0v) is 10.7. The Hall–Kier alpha value is -1.81. The second kappa shape index (κ2) is 4.46. The highest BCUT2D eigenvalue weighted by atomic mass is 16.5. The number of hydrogen-bond acceptors (Lipinski definition) is 4. The summed E-state index contributed by atoms with van der Waals surface area (Å²) >= 11 is 0. The van der Waals surface area contributed by atoms with E-state index in [-0.39, 0.29) is 6.61 Å².